The predicted molar refractivity (Wildman–Crippen MR) is 65.8 cm³/mol. The molecule has 1 fully saturated rings. The lowest BCUT2D eigenvalue weighted by Gasteiger charge is -2.35. The molecule has 1 saturated heterocycles. The number of nitrogens with one attached hydrogen (secondary N) is 1. The van der Waals surface area contributed by atoms with E-state index in [1.165, 1.54) is 0 Å². The maximum atomic E-state index is 8.93. The highest BCUT2D eigenvalue weighted by Gasteiger charge is 2.27. The van der Waals surface area contributed by atoms with E-state index in [1.807, 2.05) is 6.92 Å². The van der Waals surface area contributed by atoms with E-state index >= 15 is 0 Å². The van der Waals surface area contributed by atoms with E-state index in [9.17, 15) is 0 Å². The van der Waals surface area contributed by atoms with E-state index in [4.69, 9.17) is 10.00 Å². The summed E-state index contributed by atoms with van der Waals surface area (Å²) in [6.45, 7) is 5.63. The van der Waals surface area contributed by atoms with Gasteiger partial charge in [-0.25, -0.2) is 4.98 Å². The van der Waals surface area contributed by atoms with Crippen LogP contribution in [0.25, 0.3) is 0 Å². The van der Waals surface area contributed by atoms with Gasteiger partial charge in [0.05, 0.1) is 11.6 Å². The Morgan fingerprint density at radius 3 is 2.76 bits per heavy atom. The van der Waals surface area contributed by atoms with Gasteiger partial charge in [0.15, 0.2) is 0 Å². The minimum absolute atomic E-state index is 0.0196. The molecule has 1 aliphatic rings. The third-order valence-corrected chi connectivity index (χ3v) is 3.11. The van der Waals surface area contributed by atoms with Crippen molar-refractivity contribution < 1.29 is 4.74 Å². The molecule has 0 unspecified atom stereocenters. The summed E-state index contributed by atoms with van der Waals surface area (Å²) in [6.07, 6.45) is 1.93. The molecule has 1 N–H and O–H groups in total. The maximum absolute atomic E-state index is 8.93. The number of pyridine rings is 1. The summed E-state index contributed by atoms with van der Waals surface area (Å²) in [5.74, 6) is 0.783. The Hall–Kier alpha value is -1.60. The van der Waals surface area contributed by atoms with Crippen LogP contribution in [0.1, 0.15) is 31.0 Å². The molecular weight excluding hydrogens is 214 g/mol. The van der Waals surface area contributed by atoms with Crippen LogP contribution in [0.3, 0.4) is 0 Å². The Bertz CT molecular complexity index is 444. The highest BCUT2D eigenvalue weighted by atomic mass is 16.5. The molecule has 2 rings (SSSR count). The molecule has 0 amide bonds. The minimum atomic E-state index is 0.0196. The molecular formula is C13H17N3O. The van der Waals surface area contributed by atoms with Gasteiger partial charge in [-0.2, -0.15) is 5.26 Å². The second-order valence-electron chi connectivity index (χ2n) is 4.79. The van der Waals surface area contributed by atoms with Gasteiger partial charge in [-0.15, -0.1) is 0 Å². The van der Waals surface area contributed by atoms with E-state index in [0.29, 0.717) is 5.56 Å². The quantitative estimate of drug-likeness (QED) is 0.848. The van der Waals surface area contributed by atoms with Gasteiger partial charge in [-0.3, -0.25) is 0 Å². The van der Waals surface area contributed by atoms with Crippen LogP contribution in [0.2, 0.25) is 0 Å². The maximum Gasteiger partial charge on any atom is 0.127 e. The fourth-order valence-electron chi connectivity index (χ4n) is 2.05. The van der Waals surface area contributed by atoms with Crippen LogP contribution in [0.4, 0.5) is 5.82 Å². The molecule has 0 aliphatic carbocycles. The number of hydrogen-bond donors (Lipinski definition) is 1. The fraction of sp³-hybridized carbons (Fsp3) is 0.538. The zero-order chi connectivity index (χ0) is 12.3. The van der Waals surface area contributed by atoms with Crippen molar-refractivity contribution >= 4 is 5.82 Å². The van der Waals surface area contributed by atoms with E-state index in [0.717, 1.165) is 37.6 Å². The second-order valence-corrected chi connectivity index (χ2v) is 4.79. The molecule has 17 heavy (non-hydrogen) atoms. The summed E-state index contributed by atoms with van der Waals surface area (Å²) in [5, 5.41) is 12.4. The lowest BCUT2D eigenvalue weighted by Crippen LogP contribution is -2.40. The lowest BCUT2D eigenvalue weighted by atomic mass is 9.92. The van der Waals surface area contributed by atoms with Crippen molar-refractivity contribution in [2.75, 3.05) is 18.5 Å². The molecule has 1 aliphatic heterocycles. The number of anilines is 1. The molecule has 0 atom stereocenters. The third-order valence-electron chi connectivity index (χ3n) is 3.11. The van der Waals surface area contributed by atoms with Gasteiger partial charge in [-0.05, 0) is 38.8 Å². The van der Waals surface area contributed by atoms with Crippen molar-refractivity contribution in [3.8, 4) is 6.07 Å². The number of nitriles is 1. The van der Waals surface area contributed by atoms with E-state index < -0.39 is 0 Å². The van der Waals surface area contributed by atoms with Gasteiger partial charge >= 0.3 is 0 Å². The molecule has 1 aromatic rings. The Morgan fingerprint density at radius 2 is 2.12 bits per heavy atom. The monoisotopic (exact) mass is 231 g/mol. The van der Waals surface area contributed by atoms with Crippen LogP contribution in [-0.2, 0) is 4.74 Å². The van der Waals surface area contributed by atoms with Crippen molar-refractivity contribution in [1.82, 2.24) is 4.98 Å². The zero-order valence-electron chi connectivity index (χ0n) is 10.3. The minimum Gasteiger partial charge on any atom is -0.381 e. The molecule has 90 valence electrons. The fourth-order valence-corrected chi connectivity index (χ4v) is 2.05. The number of ether oxygens (including phenoxy) is 1. The van der Waals surface area contributed by atoms with Gasteiger partial charge < -0.3 is 10.1 Å². The van der Waals surface area contributed by atoms with Crippen molar-refractivity contribution in [3.05, 3.63) is 23.4 Å². The summed E-state index contributed by atoms with van der Waals surface area (Å²) in [7, 11) is 0. The average molecular weight is 231 g/mol. The van der Waals surface area contributed by atoms with Crippen molar-refractivity contribution in [1.29, 1.82) is 5.26 Å². The van der Waals surface area contributed by atoms with Crippen molar-refractivity contribution in [3.63, 3.8) is 0 Å². The topological polar surface area (TPSA) is 57.9 Å². The largest absolute Gasteiger partial charge is 0.381 e. The molecule has 4 nitrogen and oxygen atoms in total. The second kappa shape index (κ2) is 4.72. The highest BCUT2D eigenvalue weighted by molar-refractivity contribution is 5.46. The number of aryl methyl sites for hydroxylation is 1. The Kier molecular flexibility index (Phi) is 3.30. The first-order valence-corrected chi connectivity index (χ1v) is 5.86. The molecule has 4 heteroatoms. The van der Waals surface area contributed by atoms with Gasteiger partial charge in [0.2, 0.25) is 0 Å². The van der Waals surface area contributed by atoms with E-state index in [1.54, 1.807) is 12.1 Å². The SMILES string of the molecule is Cc1cc(C#N)cc(NC2(C)CCOCC2)n1. The standard InChI is InChI=1S/C13H17N3O/c1-10-7-11(9-14)8-12(15-10)16-13(2)3-5-17-6-4-13/h7-8H,3-6H2,1-2H3,(H,15,16). The summed E-state index contributed by atoms with van der Waals surface area (Å²) in [6, 6.07) is 5.74. The number of hydrogen-bond acceptors (Lipinski definition) is 4. The van der Waals surface area contributed by atoms with E-state index in [2.05, 4.69) is 23.3 Å². The van der Waals surface area contributed by atoms with Crippen LogP contribution in [0.15, 0.2) is 12.1 Å². The van der Waals surface area contributed by atoms with Gasteiger partial charge in [-0.1, -0.05) is 0 Å². The van der Waals surface area contributed by atoms with Crippen LogP contribution in [-0.4, -0.2) is 23.7 Å². The summed E-state index contributed by atoms with van der Waals surface area (Å²) < 4.78 is 5.36. The molecule has 0 radical (unpaired) electrons. The molecule has 0 bridgehead atoms. The van der Waals surface area contributed by atoms with Crippen LogP contribution in [0.5, 0.6) is 0 Å². The highest BCUT2D eigenvalue weighted by Crippen LogP contribution is 2.25. The Balaban J connectivity index is 2.17. The lowest BCUT2D eigenvalue weighted by molar-refractivity contribution is 0.0657. The van der Waals surface area contributed by atoms with Crippen molar-refractivity contribution in [2.24, 2.45) is 0 Å². The van der Waals surface area contributed by atoms with E-state index in [-0.39, 0.29) is 5.54 Å². The Labute approximate surface area is 102 Å². The van der Waals surface area contributed by atoms with Crippen LogP contribution >= 0.6 is 0 Å². The van der Waals surface area contributed by atoms with Crippen molar-refractivity contribution in [2.45, 2.75) is 32.2 Å². The first-order valence-electron chi connectivity index (χ1n) is 5.86. The van der Waals surface area contributed by atoms with Gasteiger partial charge in [0.1, 0.15) is 5.82 Å². The molecule has 0 saturated carbocycles. The van der Waals surface area contributed by atoms with Crippen LogP contribution in [0, 0.1) is 18.3 Å². The van der Waals surface area contributed by atoms with Gasteiger partial charge in [0, 0.05) is 24.4 Å². The predicted octanol–water partition coefficient (Wildman–Crippen LogP) is 2.24. The third kappa shape index (κ3) is 2.95. The number of aromatic nitrogens is 1. The summed E-state index contributed by atoms with van der Waals surface area (Å²) in [4.78, 5) is 4.42. The zero-order valence-corrected chi connectivity index (χ0v) is 10.3. The first-order chi connectivity index (χ1) is 8.11. The van der Waals surface area contributed by atoms with Gasteiger partial charge in [0.25, 0.3) is 0 Å². The molecule has 2 heterocycles. The molecule has 0 aromatic carbocycles. The normalized spacial score (nSPS) is 18.4. The molecule has 1 aromatic heterocycles. The first kappa shape index (κ1) is 11.9. The smallest absolute Gasteiger partial charge is 0.127 e. The number of rotatable bonds is 2. The summed E-state index contributed by atoms with van der Waals surface area (Å²) >= 11 is 0. The van der Waals surface area contributed by atoms with Crippen LogP contribution < -0.4 is 5.32 Å². The Morgan fingerprint density at radius 1 is 1.41 bits per heavy atom. The molecule has 0 spiro atoms. The average Bonchev–Trinajstić information content (AvgIpc) is 2.28. The summed E-state index contributed by atoms with van der Waals surface area (Å²) in [5.41, 5.74) is 1.53. The number of nitrogens with zero attached hydrogens (tertiary/aromatic N) is 2.